The lowest BCUT2D eigenvalue weighted by Crippen LogP contribution is -2.59. The molecule has 23 heavy (non-hydrogen) atoms. The Labute approximate surface area is 137 Å². The van der Waals surface area contributed by atoms with E-state index in [1.165, 1.54) is 0 Å². The fourth-order valence-electron chi connectivity index (χ4n) is 3.42. The molecule has 0 saturated carbocycles. The molecule has 1 heterocycles. The van der Waals surface area contributed by atoms with Crippen LogP contribution in [0.5, 0.6) is 0 Å². The second-order valence-electron chi connectivity index (χ2n) is 6.14. The highest BCUT2D eigenvalue weighted by Crippen LogP contribution is 2.38. The van der Waals surface area contributed by atoms with Crippen LogP contribution in [0.1, 0.15) is 24.0 Å². The van der Waals surface area contributed by atoms with E-state index >= 15 is 0 Å². The van der Waals surface area contributed by atoms with Gasteiger partial charge in [0.2, 0.25) is 0 Å². The Hall–Kier alpha value is -1.69. The number of hydrogen-bond donors (Lipinski definition) is 2. The summed E-state index contributed by atoms with van der Waals surface area (Å²) in [4.78, 5) is 0. The van der Waals surface area contributed by atoms with Crippen LogP contribution in [-0.2, 0) is 10.1 Å². The molecule has 1 saturated heterocycles. The van der Waals surface area contributed by atoms with E-state index in [9.17, 15) is 13.0 Å². The lowest BCUT2D eigenvalue weighted by atomic mass is 9.78. The van der Waals surface area contributed by atoms with E-state index in [0.29, 0.717) is 6.54 Å². The molecule has 2 N–H and O–H groups in total. The van der Waals surface area contributed by atoms with Crippen molar-refractivity contribution in [2.75, 3.05) is 6.54 Å². The Morgan fingerprint density at radius 2 is 1.48 bits per heavy atom. The van der Waals surface area contributed by atoms with Gasteiger partial charge in [0.05, 0.1) is 0 Å². The first-order valence-electron chi connectivity index (χ1n) is 7.78. The van der Waals surface area contributed by atoms with Gasteiger partial charge in [0.1, 0.15) is 5.25 Å². The van der Waals surface area contributed by atoms with Crippen molar-refractivity contribution < 1.29 is 13.0 Å². The minimum atomic E-state index is -4.19. The topological polar surface area (TPSA) is 66.4 Å². The minimum Gasteiger partial charge on any atom is -0.314 e. The predicted molar refractivity (Wildman–Crippen MR) is 91.0 cm³/mol. The molecule has 2 aromatic rings. The third kappa shape index (κ3) is 3.32. The molecule has 4 nitrogen and oxygen atoms in total. The van der Waals surface area contributed by atoms with Crippen molar-refractivity contribution in [1.29, 1.82) is 0 Å². The molecule has 5 heteroatoms. The maximum atomic E-state index is 12.2. The van der Waals surface area contributed by atoms with Crippen LogP contribution in [0.2, 0.25) is 0 Å². The summed E-state index contributed by atoms with van der Waals surface area (Å²) in [5.41, 5.74) is 1.81. The monoisotopic (exact) mass is 331 g/mol. The van der Waals surface area contributed by atoms with Crippen molar-refractivity contribution >= 4 is 10.1 Å². The van der Waals surface area contributed by atoms with Gasteiger partial charge in [-0.15, -0.1) is 0 Å². The summed E-state index contributed by atoms with van der Waals surface area (Å²) in [5.74, 6) is -0.502. The molecule has 1 aliphatic heterocycles. The van der Waals surface area contributed by atoms with Gasteiger partial charge >= 0.3 is 0 Å². The molecule has 0 aliphatic carbocycles. The molecule has 0 spiro atoms. The lowest BCUT2D eigenvalue weighted by Gasteiger charge is -2.42. The fourth-order valence-corrected chi connectivity index (χ4v) is 4.85. The second kappa shape index (κ2) is 6.43. The molecular formula is C18H21NO3S. The van der Waals surface area contributed by atoms with E-state index in [-0.39, 0.29) is 17.9 Å². The summed E-state index contributed by atoms with van der Waals surface area (Å²) in [6, 6.07) is 19.2. The van der Waals surface area contributed by atoms with Gasteiger partial charge in [-0.25, -0.2) is 0 Å². The number of nitrogens with one attached hydrogen (secondary N) is 1. The van der Waals surface area contributed by atoms with Crippen LogP contribution in [0.4, 0.5) is 0 Å². The highest BCUT2D eigenvalue weighted by Gasteiger charge is 2.46. The van der Waals surface area contributed by atoms with Crippen LogP contribution < -0.4 is 5.32 Å². The van der Waals surface area contributed by atoms with Crippen molar-refractivity contribution in [2.24, 2.45) is 5.92 Å². The first-order valence-corrected chi connectivity index (χ1v) is 9.28. The van der Waals surface area contributed by atoms with Gasteiger partial charge in [-0.05, 0) is 18.1 Å². The average Bonchev–Trinajstić information content (AvgIpc) is 2.54. The predicted octanol–water partition coefficient (Wildman–Crippen LogP) is 2.68. The van der Waals surface area contributed by atoms with E-state index < -0.39 is 15.4 Å². The van der Waals surface area contributed by atoms with Crippen LogP contribution in [0.25, 0.3) is 0 Å². The summed E-state index contributed by atoms with van der Waals surface area (Å²) in [6.45, 7) is 2.56. The van der Waals surface area contributed by atoms with Gasteiger partial charge in [-0.1, -0.05) is 60.7 Å². The van der Waals surface area contributed by atoms with Gasteiger partial charge in [0.25, 0.3) is 10.1 Å². The summed E-state index contributed by atoms with van der Waals surface area (Å²) >= 11 is 0. The van der Waals surface area contributed by atoms with Crippen molar-refractivity contribution in [3.8, 4) is 0 Å². The standard InChI is InChI=1S/C18H21NO3S/c1-13-16(12-19-13)18(23(20,21)22)17(14-8-4-2-5-9-14)15-10-6-3-7-11-15/h2-11,13,16-19H,12H2,1H3,(H,20,21,22)/t13-,16+,18?/m1/s1. The highest BCUT2D eigenvalue weighted by atomic mass is 32.2. The van der Waals surface area contributed by atoms with Crippen LogP contribution in [0.3, 0.4) is 0 Å². The summed E-state index contributed by atoms with van der Waals surface area (Å²) < 4.78 is 34.4. The zero-order chi connectivity index (χ0) is 16.4. The smallest absolute Gasteiger partial charge is 0.269 e. The van der Waals surface area contributed by atoms with E-state index in [0.717, 1.165) is 11.1 Å². The lowest BCUT2D eigenvalue weighted by molar-refractivity contribution is 0.224. The zero-order valence-corrected chi connectivity index (χ0v) is 13.8. The van der Waals surface area contributed by atoms with Crippen molar-refractivity contribution in [1.82, 2.24) is 5.32 Å². The molecule has 1 fully saturated rings. The van der Waals surface area contributed by atoms with E-state index in [1.54, 1.807) is 0 Å². The van der Waals surface area contributed by atoms with E-state index in [2.05, 4.69) is 5.32 Å². The quantitative estimate of drug-likeness (QED) is 0.827. The fraction of sp³-hybridized carbons (Fsp3) is 0.333. The molecular weight excluding hydrogens is 310 g/mol. The molecule has 3 rings (SSSR count). The molecule has 0 bridgehead atoms. The molecule has 0 radical (unpaired) electrons. The van der Waals surface area contributed by atoms with Gasteiger partial charge in [-0.3, -0.25) is 4.55 Å². The Balaban J connectivity index is 2.13. The normalized spacial score (nSPS) is 22.6. The van der Waals surface area contributed by atoms with Gasteiger partial charge < -0.3 is 5.32 Å². The Morgan fingerprint density at radius 1 is 1.00 bits per heavy atom. The van der Waals surface area contributed by atoms with Crippen LogP contribution in [0, 0.1) is 5.92 Å². The van der Waals surface area contributed by atoms with E-state index in [4.69, 9.17) is 0 Å². The minimum absolute atomic E-state index is 0.0665. The first-order chi connectivity index (χ1) is 11.0. The van der Waals surface area contributed by atoms with Crippen molar-refractivity contribution in [3.63, 3.8) is 0 Å². The van der Waals surface area contributed by atoms with Gasteiger partial charge in [0.15, 0.2) is 0 Å². The first kappa shape index (κ1) is 16.2. The molecule has 122 valence electrons. The second-order valence-corrected chi connectivity index (χ2v) is 7.71. The van der Waals surface area contributed by atoms with Crippen LogP contribution in [0.15, 0.2) is 60.7 Å². The number of rotatable bonds is 5. The maximum absolute atomic E-state index is 12.2. The van der Waals surface area contributed by atoms with Gasteiger partial charge in [0, 0.05) is 24.4 Å². The summed E-state index contributed by atoms with van der Waals surface area (Å²) in [6.07, 6.45) is 0. The molecule has 0 amide bonds. The molecule has 2 aromatic carbocycles. The molecule has 1 aliphatic rings. The van der Waals surface area contributed by atoms with Crippen LogP contribution in [-0.4, -0.2) is 30.8 Å². The largest absolute Gasteiger partial charge is 0.314 e. The molecule has 1 unspecified atom stereocenters. The third-order valence-corrected chi connectivity index (χ3v) is 6.04. The SMILES string of the molecule is C[C@H]1NC[C@@H]1C(C(c1ccccc1)c1ccccc1)S(=O)(=O)O. The highest BCUT2D eigenvalue weighted by molar-refractivity contribution is 7.86. The number of benzene rings is 2. The zero-order valence-electron chi connectivity index (χ0n) is 13.0. The van der Waals surface area contributed by atoms with Crippen LogP contribution >= 0.6 is 0 Å². The molecule has 0 aromatic heterocycles. The summed E-state index contributed by atoms with van der Waals surface area (Å²) in [7, 11) is -4.19. The van der Waals surface area contributed by atoms with Gasteiger partial charge in [-0.2, -0.15) is 8.42 Å². The van der Waals surface area contributed by atoms with E-state index in [1.807, 2.05) is 67.6 Å². The Kier molecular flexibility index (Phi) is 4.53. The van der Waals surface area contributed by atoms with Crippen molar-refractivity contribution in [3.05, 3.63) is 71.8 Å². The third-order valence-electron chi connectivity index (χ3n) is 4.73. The van der Waals surface area contributed by atoms with Crippen molar-refractivity contribution in [2.45, 2.75) is 24.1 Å². The number of hydrogen-bond acceptors (Lipinski definition) is 3. The molecule has 3 atom stereocenters. The maximum Gasteiger partial charge on any atom is 0.269 e. The summed E-state index contributed by atoms with van der Waals surface area (Å²) in [5, 5.41) is 2.34. The Morgan fingerprint density at radius 3 is 1.78 bits per heavy atom. The average molecular weight is 331 g/mol. The Bertz CT molecular complexity index is 707.